The molecule has 5 nitrogen and oxygen atoms in total. The highest BCUT2D eigenvalue weighted by atomic mass is 19.4. The van der Waals surface area contributed by atoms with Crippen LogP contribution < -0.4 is 10.1 Å². The SMILES string of the molecule is N#Cc1cccnc1NC[C@@H](O)c1ccc(OC(F)(F)F)cc1. The summed E-state index contributed by atoms with van der Waals surface area (Å²) in [5.41, 5.74) is 0.732. The van der Waals surface area contributed by atoms with Gasteiger partial charge in [-0.15, -0.1) is 13.2 Å². The van der Waals surface area contributed by atoms with Gasteiger partial charge in [-0.05, 0) is 29.8 Å². The van der Waals surface area contributed by atoms with Crippen molar-refractivity contribution >= 4 is 5.82 Å². The van der Waals surface area contributed by atoms with E-state index in [9.17, 15) is 18.3 Å². The van der Waals surface area contributed by atoms with Crippen LogP contribution in [0.4, 0.5) is 19.0 Å². The predicted octanol–water partition coefficient (Wildman–Crippen LogP) is 3.00. The van der Waals surface area contributed by atoms with Crippen molar-refractivity contribution in [3.05, 3.63) is 53.7 Å². The lowest BCUT2D eigenvalue weighted by Crippen LogP contribution is -2.17. The number of aliphatic hydroxyl groups is 1. The third kappa shape index (κ3) is 4.86. The maximum Gasteiger partial charge on any atom is 0.573 e. The number of alkyl halides is 3. The first kappa shape index (κ1) is 16.6. The number of hydrogen-bond donors (Lipinski definition) is 2. The van der Waals surface area contributed by atoms with Gasteiger partial charge in [0, 0.05) is 12.7 Å². The number of ether oxygens (including phenoxy) is 1. The maximum absolute atomic E-state index is 12.1. The Morgan fingerprint density at radius 1 is 1.26 bits per heavy atom. The molecule has 0 radical (unpaired) electrons. The van der Waals surface area contributed by atoms with E-state index >= 15 is 0 Å². The van der Waals surface area contributed by atoms with Crippen LogP contribution in [0, 0.1) is 11.3 Å². The van der Waals surface area contributed by atoms with Gasteiger partial charge < -0.3 is 15.2 Å². The fourth-order valence-electron chi connectivity index (χ4n) is 1.84. The lowest BCUT2D eigenvalue weighted by atomic mass is 10.1. The Hall–Kier alpha value is -2.79. The fourth-order valence-corrected chi connectivity index (χ4v) is 1.84. The van der Waals surface area contributed by atoms with Gasteiger partial charge in [0.15, 0.2) is 0 Å². The second-order valence-electron chi connectivity index (χ2n) is 4.52. The number of hydrogen-bond acceptors (Lipinski definition) is 5. The number of nitrogens with zero attached hydrogens (tertiary/aromatic N) is 2. The number of rotatable bonds is 5. The van der Waals surface area contributed by atoms with Crippen LogP contribution in [0.2, 0.25) is 0 Å². The summed E-state index contributed by atoms with van der Waals surface area (Å²) in [5, 5.41) is 21.8. The molecule has 23 heavy (non-hydrogen) atoms. The molecule has 2 aromatic rings. The average molecular weight is 323 g/mol. The molecule has 0 saturated heterocycles. The zero-order chi connectivity index (χ0) is 16.9. The van der Waals surface area contributed by atoms with E-state index in [4.69, 9.17) is 5.26 Å². The number of benzene rings is 1. The summed E-state index contributed by atoms with van der Waals surface area (Å²) in [4.78, 5) is 3.98. The standard InChI is InChI=1S/C15H12F3N3O2/c16-15(17,18)23-12-5-3-10(4-6-12)13(22)9-21-14-11(8-19)2-1-7-20-14/h1-7,13,22H,9H2,(H,20,21)/t13-/m1/s1. The molecule has 0 unspecified atom stereocenters. The summed E-state index contributed by atoms with van der Waals surface area (Å²) in [6, 6.07) is 10.0. The van der Waals surface area contributed by atoms with Crippen molar-refractivity contribution in [2.75, 3.05) is 11.9 Å². The van der Waals surface area contributed by atoms with E-state index in [0.29, 0.717) is 16.9 Å². The lowest BCUT2D eigenvalue weighted by molar-refractivity contribution is -0.274. The van der Waals surface area contributed by atoms with Crippen molar-refractivity contribution in [1.29, 1.82) is 5.26 Å². The van der Waals surface area contributed by atoms with Gasteiger partial charge in [0.05, 0.1) is 11.7 Å². The summed E-state index contributed by atoms with van der Waals surface area (Å²) in [6.07, 6.45) is -4.24. The van der Waals surface area contributed by atoms with Gasteiger partial charge in [0.1, 0.15) is 17.6 Å². The van der Waals surface area contributed by atoms with E-state index in [1.54, 1.807) is 12.1 Å². The quantitative estimate of drug-likeness (QED) is 0.884. The Morgan fingerprint density at radius 3 is 2.57 bits per heavy atom. The zero-order valence-corrected chi connectivity index (χ0v) is 11.7. The second-order valence-corrected chi connectivity index (χ2v) is 4.52. The number of nitriles is 1. The summed E-state index contributed by atoms with van der Waals surface area (Å²) in [7, 11) is 0. The van der Waals surface area contributed by atoms with Crippen molar-refractivity contribution in [2.24, 2.45) is 0 Å². The zero-order valence-electron chi connectivity index (χ0n) is 11.7. The summed E-state index contributed by atoms with van der Waals surface area (Å²) in [6.45, 7) is 0.0468. The smallest absolute Gasteiger partial charge is 0.406 e. The average Bonchev–Trinajstić information content (AvgIpc) is 2.52. The Bertz CT molecular complexity index is 696. The first-order chi connectivity index (χ1) is 10.9. The molecule has 0 aliphatic heterocycles. The second kappa shape index (κ2) is 6.98. The molecule has 1 heterocycles. The molecule has 120 valence electrons. The summed E-state index contributed by atoms with van der Waals surface area (Å²) in [5.74, 6) is -0.0380. The van der Waals surface area contributed by atoms with E-state index in [2.05, 4.69) is 15.0 Å². The Kier molecular flexibility index (Phi) is 5.03. The molecule has 0 fully saturated rings. The number of nitrogens with one attached hydrogen (secondary N) is 1. The molecule has 0 aliphatic carbocycles. The predicted molar refractivity (Wildman–Crippen MR) is 75.5 cm³/mol. The van der Waals surface area contributed by atoms with Crippen LogP contribution in [0.15, 0.2) is 42.6 Å². The maximum atomic E-state index is 12.1. The minimum Gasteiger partial charge on any atom is -0.406 e. The van der Waals surface area contributed by atoms with Gasteiger partial charge in [0.2, 0.25) is 0 Å². The molecule has 0 saturated carbocycles. The van der Waals surface area contributed by atoms with Gasteiger partial charge in [0.25, 0.3) is 0 Å². The van der Waals surface area contributed by atoms with Crippen LogP contribution in [-0.4, -0.2) is 23.0 Å². The minimum atomic E-state index is -4.76. The molecule has 0 amide bonds. The minimum absolute atomic E-state index is 0.0468. The Morgan fingerprint density at radius 2 is 1.96 bits per heavy atom. The van der Waals surface area contributed by atoms with E-state index in [0.717, 1.165) is 12.1 Å². The molecule has 1 aromatic carbocycles. The van der Waals surface area contributed by atoms with Gasteiger partial charge >= 0.3 is 6.36 Å². The van der Waals surface area contributed by atoms with Crippen LogP contribution in [-0.2, 0) is 0 Å². The molecule has 2 rings (SSSR count). The van der Waals surface area contributed by atoms with Crippen molar-refractivity contribution in [3.8, 4) is 11.8 Å². The molecule has 1 aromatic heterocycles. The Labute approximate surface area is 130 Å². The number of anilines is 1. The Balaban J connectivity index is 1.98. The van der Waals surface area contributed by atoms with Crippen LogP contribution in [0.1, 0.15) is 17.2 Å². The van der Waals surface area contributed by atoms with Crippen molar-refractivity contribution in [2.45, 2.75) is 12.5 Å². The van der Waals surface area contributed by atoms with Crippen molar-refractivity contribution < 1.29 is 23.0 Å². The monoisotopic (exact) mass is 323 g/mol. The first-order valence-corrected chi connectivity index (χ1v) is 6.52. The van der Waals surface area contributed by atoms with Crippen LogP contribution in [0.5, 0.6) is 5.75 Å². The first-order valence-electron chi connectivity index (χ1n) is 6.52. The van der Waals surface area contributed by atoms with Gasteiger partial charge in [-0.25, -0.2) is 4.98 Å². The van der Waals surface area contributed by atoms with Crippen molar-refractivity contribution in [1.82, 2.24) is 4.98 Å². The van der Waals surface area contributed by atoms with E-state index in [1.165, 1.54) is 18.3 Å². The number of pyridine rings is 1. The van der Waals surface area contributed by atoms with E-state index < -0.39 is 12.5 Å². The summed E-state index contributed by atoms with van der Waals surface area (Å²) < 4.78 is 39.9. The molecular weight excluding hydrogens is 311 g/mol. The molecule has 2 N–H and O–H groups in total. The lowest BCUT2D eigenvalue weighted by Gasteiger charge is -2.14. The highest BCUT2D eigenvalue weighted by molar-refractivity contribution is 5.51. The molecule has 0 bridgehead atoms. The highest BCUT2D eigenvalue weighted by Gasteiger charge is 2.31. The third-order valence-corrected chi connectivity index (χ3v) is 2.89. The normalized spacial score (nSPS) is 12.3. The molecule has 0 aliphatic rings. The summed E-state index contributed by atoms with van der Waals surface area (Å²) >= 11 is 0. The number of halogens is 3. The van der Waals surface area contributed by atoms with Crippen LogP contribution >= 0.6 is 0 Å². The van der Waals surface area contributed by atoms with Crippen molar-refractivity contribution in [3.63, 3.8) is 0 Å². The molecule has 1 atom stereocenters. The third-order valence-electron chi connectivity index (χ3n) is 2.89. The number of aliphatic hydroxyl groups excluding tert-OH is 1. The highest BCUT2D eigenvalue weighted by Crippen LogP contribution is 2.24. The molecule has 0 spiro atoms. The van der Waals surface area contributed by atoms with Crippen LogP contribution in [0.3, 0.4) is 0 Å². The van der Waals surface area contributed by atoms with E-state index in [1.807, 2.05) is 6.07 Å². The number of aromatic nitrogens is 1. The molecular formula is C15H12F3N3O2. The van der Waals surface area contributed by atoms with Gasteiger partial charge in [-0.1, -0.05) is 12.1 Å². The topological polar surface area (TPSA) is 78.2 Å². The molecule has 8 heteroatoms. The van der Waals surface area contributed by atoms with Gasteiger partial charge in [-0.3, -0.25) is 0 Å². The fraction of sp³-hybridized carbons (Fsp3) is 0.200. The van der Waals surface area contributed by atoms with Crippen LogP contribution in [0.25, 0.3) is 0 Å². The largest absolute Gasteiger partial charge is 0.573 e. The van der Waals surface area contributed by atoms with E-state index in [-0.39, 0.29) is 12.3 Å². The van der Waals surface area contributed by atoms with Gasteiger partial charge in [-0.2, -0.15) is 5.26 Å².